The molecule has 0 aromatic carbocycles. The third-order valence-corrected chi connectivity index (χ3v) is 5.27. The Kier molecular flexibility index (Phi) is 5.27. The molecule has 1 unspecified atom stereocenters. The zero-order chi connectivity index (χ0) is 19.5. The van der Waals surface area contributed by atoms with Crippen LogP contribution in [0, 0.1) is 6.92 Å². The first kappa shape index (κ1) is 18.5. The van der Waals surface area contributed by atoms with E-state index in [0.717, 1.165) is 12.8 Å². The Hall–Kier alpha value is -2.91. The summed E-state index contributed by atoms with van der Waals surface area (Å²) in [6.07, 6.45) is 4.82. The maximum absolute atomic E-state index is 12.5. The Balaban J connectivity index is 1.45. The maximum Gasteiger partial charge on any atom is 0.349 e. The molecule has 0 saturated carbocycles. The highest BCUT2D eigenvalue weighted by Crippen LogP contribution is 2.28. The smallest absolute Gasteiger partial charge is 0.349 e. The molecule has 1 aliphatic heterocycles. The Bertz CT molecular complexity index is 1040. The molecule has 3 aromatic rings. The average Bonchev–Trinajstić information content (AvgIpc) is 3.39. The summed E-state index contributed by atoms with van der Waals surface area (Å²) in [7, 11) is 0. The molecule has 8 nitrogen and oxygen atoms in total. The van der Waals surface area contributed by atoms with Crippen molar-refractivity contribution in [2.24, 2.45) is 0 Å². The van der Waals surface area contributed by atoms with Gasteiger partial charge in [0, 0.05) is 24.4 Å². The van der Waals surface area contributed by atoms with Gasteiger partial charge in [0.25, 0.3) is 5.91 Å². The Labute approximate surface area is 164 Å². The van der Waals surface area contributed by atoms with Gasteiger partial charge in [-0.15, -0.1) is 11.3 Å². The number of rotatable bonds is 5. The summed E-state index contributed by atoms with van der Waals surface area (Å²) in [5.41, 5.74) is 0.581. The lowest BCUT2D eigenvalue weighted by Crippen LogP contribution is -2.29. The number of hydrogen-bond donors (Lipinski definition) is 1. The molecular weight excluding hydrogens is 380 g/mol. The molecule has 4 rings (SSSR count). The molecule has 144 valence electrons. The summed E-state index contributed by atoms with van der Waals surface area (Å²) in [6.45, 7) is 2.56. The summed E-state index contributed by atoms with van der Waals surface area (Å²) in [5, 5.41) is 5.21. The molecule has 1 aliphatic rings. The van der Waals surface area contributed by atoms with Crippen molar-refractivity contribution in [2.45, 2.75) is 32.4 Å². The van der Waals surface area contributed by atoms with Gasteiger partial charge in [0.1, 0.15) is 17.4 Å². The molecule has 1 N–H and O–H groups in total. The van der Waals surface area contributed by atoms with Gasteiger partial charge in [-0.3, -0.25) is 4.79 Å². The van der Waals surface area contributed by atoms with Crippen LogP contribution in [0.3, 0.4) is 0 Å². The van der Waals surface area contributed by atoms with Crippen molar-refractivity contribution >= 4 is 17.2 Å². The molecule has 3 aromatic heterocycles. The first-order valence-corrected chi connectivity index (χ1v) is 9.76. The molecule has 0 spiro atoms. The van der Waals surface area contributed by atoms with Crippen LogP contribution in [0.2, 0.25) is 0 Å². The molecule has 0 radical (unpaired) electrons. The number of carbonyl (C=O) groups excluding carboxylic acids is 1. The Morgan fingerprint density at radius 3 is 2.89 bits per heavy atom. The predicted molar refractivity (Wildman–Crippen MR) is 102 cm³/mol. The minimum Gasteiger partial charge on any atom is -0.424 e. The van der Waals surface area contributed by atoms with E-state index in [9.17, 15) is 9.59 Å². The SMILES string of the molecule is Cc1cc(C2CCCO2)oc(=O)c1C(=O)NCc1csc(-c2ncccn2)n1. The van der Waals surface area contributed by atoms with Gasteiger partial charge in [0.05, 0.1) is 12.2 Å². The lowest BCUT2D eigenvalue weighted by Gasteiger charge is -2.11. The van der Waals surface area contributed by atoms with E-state index >= 15 is 0 Å². The number of aromatic nitrogens is 3. The zero-order valence-corrected chi connectivity index (χ0v) is 16.0. The quantitative estimate of drug-likeness (QED) is 0.704. The molecule has 4 heterocycles. The predicted octanol–water partition coefficient (Wildman–Crippen LogP) is 2.64. The number of nitrogens with zero attached hydrogens (tertiary/aromatic N) is 3. The second kappa shape index (κ2) is 7.99. The van der Waals surface area contributed by atoms with Gasteiger partial charge in [0.2, 0.25) is 0 Å². The molecular formula is C19H18N4O4S. The molecule has 0 bridgehead atoms. The number of nitrogens with one attached hydrogen (secondary N) is 1. The van der Waals surface area contributed by atoms with Gasteiger partial charge in [0.15, 0.2) is 10.8 Å². The van der Waals surface area contributed by atoms with Crippen molar-refractivity contribution in [2.75, 3.05) is 6.61 Å². The normalized spacial score (nSPS) is 16.2. The largest absolute Gasteiger partial charge is 0.424 e. The van der Waals surface area contributed by atoms with Crippen molar-refractivity contribution in [1.29, 1.82) is 0 Å². The third kappa shape index (κ3) is 3.85. The van der Waals surface area contributed by atoms with Crippen LogP contribution in [-0.4, -0.2) is 27.5 Å². The fourth-order valence-corrected chi connectivity index (χ4v) is 3.79. The Morgan fingerprint density at radius 1 is 1.36 bits per heavy atom. The highest BCUT2D eigenvalue weighted by Gasteiger charge is 2.24. The van der Waals surface area contributed by atoms with Gasteiger partial charge in [-0.2, -0.15) is 0 Å². The third-order valence-electron chi connectivity index (χ3n) is 4.38. The maximum atomic E-state index is 12.5. The van der Waals surface area contributed by atoms with E-state index in [1.165, 1.54) is 11.3 Å². The molecule has 28 heavy (non-hydrogen) atoms. The molecule has 9 heteroatoms. The number of carbonyl (C=O) groups is 1. The van der Waals surface area contributed by atoms with Crippen LogP contribution in [0.5, 0.6) is 0 Å². The molecule has 0 aliphatic carbocycles. The number of aryl methyl sites for hydroxylation is 1. The second-order valence-corrected chi connectivity index (χ2v) is 7.25. The Morgan fingerprint density at radius 2 is 2.18 bits per heavy atom. The summed E-state index contributed by atoms with van der Waals surface area (Å²) in [5.74, 6) is 0.519. The first-order valence-electron chi connectivity index (χ1n) is 8.88. The van der Waals surface area contributed by atoms with Crippen molar-refractivity contribution in [3.8, 4) is 10.8 Å². The summed E-state index contributed by atoms with van der Waals surface area (Å²) < 4.78 is 10.9. The van der Waals surface area contributed by atoms with Crippen LogP contribution in [-0.2, 0) is 11.3 Å². The van der Waals surface area contributed by atoms with Crippen molar-refractivity contribution in [3.63, 3.8) is 0 Å². The van der Waals surface area contributed by atoms with E-state index in [-0.39, 0.29) is 18.2 Å². The molecule has 1 saturated heterocycles. The topological polar surface area (TPSA) is 107 Å². The van der Waals surface area contributed by atoms with Crippen LogP contribution in [0.4, 0.5) is 0 Å². The number of hydrogen-bond acceptors (Lipinski definition) is 8. The fraction of sp³-hybridized carbons (Fsp3) is 0.316. The van der Waals surface area contributed by atoms with E-state index in [1.54, 1.807) is 31.5 Å². The van der Waals surface area contributed by atoms with Crippen molar-refractivity contribution in [1.82, 2.24) is 20.3 Å². The minimum atomic E-state index is -0.653. The lowest BCUT2D eigenvalue weighted by molar-refractivity contribution is 0.0882. The van der Waals surface area contributed by atoms with Gasteiger partial charge in [-0.05, 0) is 37.5 Å². The van der Waals surface area contributed by atoms with E-state index in [4.69, 9.17) is 9.15 Å². The highest BCUT2D eigenvalue weighted by atomic mass is 32.1. The minimum absolute atomic E-state index is 0.00333. The van der Waals surface area contributed by atoms with Crippen LogP contribution in [0.15, 0.2) is 39.1 Å². The van der Waals surface area contributed by atoms with Crippen molar-refractivity contribution < 1.29 is 13.9 Å². The van der Waals surface area contributed by atoms with Crippen LogP contribution in [0.1, 0.15) is 46.3 Å². The number of amides is 1. The first-order chi connectivity index (χ1) is 13.6. The van der Waals surface area contributed by atoms with Gasteiger partial charge < -0.3 is 14.5 Å². The van der Waals surface area contributed by atoms with E-state index in [0.29, 0.717) is 34.5 Å². The van der Waals surface area contributed by atoms with Crippen molar-refractivity contribution in [3.05, 3.63) is 62.9 Å². The summed E-state index contributed by atoms with van der Waals surface area (Å²) in [6, 6.07) is 3.44. The summed E-state index contributed by atoms with van der Waals surface area (Å²) >= 11 is 1.39. The molecule has 1 amide bonds. The monoisotopic (exact) mass is 398 g/mol. The van der Waals surface area contributed by atoms with E-state index in [2.05, 4.69) is 20.3 Å². The molecule has 1 atom stereocenters. The van der Waals surface area contributed by atoms with Gasteiger partial charge in [-0.25, -0.2) is 19.7 Å². The van der Waals surface area contributed by atoms with E-state index < -0.39 is 11.5 Å². The van der Waals surface area contributed by atoms with Crippen LogP contribution >= 0.6 is 11.3 Å². The second-order valence-electron chi connectivity index (χ2n) is 6.39. The standard InChI is InChI=1S/C19H18N4O4S/c1-11-8-14(13-4-2-7-26-13)27-19(25)15(11)17(24)22-9-12-10-28-18(23-12)16-20-5-3-6-21-16/h3,5-6,8,10,13H,2,4,7,9H2,1H3,(H,22,24). The van der Waals surface area contributed by atoms with E-state index in [1.807, 2.05) is 5.38 Å². The number of thiazole rings is 1. The molecule has 1 fully saturated rings. The zero-order valence-electron chi connectivity index (χ0n) is 15.2. The van der Waals surface area contributed by atoms with Gasteiger partial charge >= 0.3 is 5.63 Å². The highest BCUT2D eigenvalue weighted by molar-refractivity contribution is 7.13. The summed E-state index contributed by atoms with van der Waals surface area (Å²) in [4.78, 5) is 37.6. The number of ether oxygens (including phenoxy) is 1. The lowest BCUT2D eigenvalue weighted by atomic mass is 10.1. The fourth-order valence-electron chi connectivity index (χ4n) is 3.03. The average molecular weight is 398 g/mol. The van der Waals surface area contributed by atoms with Crippen LogP contribution in [0.25, 0.3) is 10.8 Å². The van der Waals surface area contributed by atoms with Crippen LogP contribution < -0.4 is 10.9 Å². The van der Waals surface area contributed by atoms with Gasteiger partial charge in [-0.1, -0.05) is 0 Å².